The highest BCUT2D eigenvalue weighted by molar-refractivity contribution is 8.01. The van der Waals surface area contributed by atoms with Crippen molar-refractivity contribution in [2.45, 2.75) is 75.0 Å². The molecule has 0 saturated carbocycles. The summed E-state index contributed by atoms with van der Waals surface area (Å²) in [4.78, 5) is 0.838. The van der Waals surface area contributed by atoms with Crippen LogP contribution in [-0.4, -0.2) is 9.87 Å². The van der Waals surface area contributed by atoms with Crippen LogP contribution in [0.1, 0.15) is 55.4 Å². The summed E-state index contributed by atoms with van der Waals surface area (Å²) in [5, 5.41) is 0. The van der Waals surface area contributed by atoms with E-state index in [0.717, 1.165) is 9.79 Å². The predicted octanol–water partition coefficient (Wildman–Crippen LogP) is 9.28. The monoisotopic (exact) mass is 493 g/mol. The third-order valence-electron chi connectivity index (χ3n) is 5.69. The smallest absolute Gasteiger partial charge is 0.100 e. The van der Waals surface area contributed by atoms with Crippen molar-refractivity contribution in [3.63, 3.8) is 0 Å². The van der Waals surface area contributed by atoms with Gasteiger partial charge in [0.15, 0.2) is 9.87 Å². The molecule has 0 heterocycles. The molecule has 0 saturated heterocycles. The second-order valence-electron chi connectivity index (χ2n) is 9.30. The summed E-state index contributed by atoms with van der Waals surface area (Å²) in [7, 11) is -2.37. The lowest BCUT2D eigenvalue weighted by Gasteiger charge is -2.37. The lowest BCUT2D eigenvalue weighted by molar-refractivity contribution is 0.0150. The second-order valence-corrected chi connectivity index (χ2v) is 12.7. The largest absolute Gasteiger partial charge is 0.700 e. The van der Waals surface area contributed by atoms with Crippen LogP contribution < -0.4 is 0 Å². The van der Waals surface area contributed by atoms with E-state index in [4.69, 9.17) is 9.05 Å². The first-order chi connectivity index (χ1) is 15.0. The van der Waals surface area contributed by atoms with E-state index in [1.165, 1.54) is 0 Å². The van der Waals surface area contributed by atoms with Crippen LogP contribution in [0, 0.1) is 23.7 Å². The molecule has 0 N–H and O–H groups in total. The summed E-state index contributed by atoms with van der Waals surface area (Å²) in [5.41, 5.74) is 0. The first-order valence-electron chi connectivity index (χ1n) is 11.4. The van der Waals surface area contributed by atoms with E-state index in [1.807, 2.05) is 36.4 Å². The molecule has 0 unspecified atom stereocenters. The standard InChI is InChI=1S/C26H38O3PS2/c1-19(2)25(20(3)4,31-23-15-11-9-12-16-23)28-30(27)29-26(21(5)6,22(7)8)32-24-17-13-10-14-18-24/h9-22H,1-8H3/q+1. The Labute approximate surface area is 204 Å². The number of benzene rings is 2. The Hall–Kier alpha value is -0.840. The highest BCUT2D eigenvalue weighted by Gasteiger charge is 2.54. The zero-order valence-electron chi connectivity index (χ0n) is 20.6. The molecule has 6 heteroatoms. The van der Waals surface area contributed by atoms with Crippen LogP contribution in [0.15, 0.2) is 70.5 Å². The van der Waals surface area contributed by atoms with Crippen LogP contribution in [0.2, 0.25) is 0 Å². The Bertz CT molecular complexity index is 753. The van der Waals surface area contributed by atoms with Gasteiger partial charge >= 0.3 is 8.25 Å². The molecule has 0 aliphatic carbocycles. The zero-order valence-corrected chi connectivity index (χ0v) is 23.1. The molecule has 0 radical (unpaired) electrons. The van der Waals surface area contributed by atoms with Gasteiger partial charge in [0.1, 0.15) is 0 Å². The molecule has 0 aromatic heterocycles. The molecule has 0 spiro atoms. The van der Waals surface area contributed by atoms with Crippen molar-refractivity contribution in [2.75, 3.05) is 0 Å². The summed E-state index contributed by atoms with van der Waals surface area (Å²) >= 11 is 3.27. The van der Waals surface area contributed by atoms with Crippen molar-refractivity contribution in [1.82, 2.24) is 0 Å². The number of rotatable bonds is 12. The van der Waals surface area contributed by atoms with Crippen LogP contribution in [0.25, 0.3) is 0 Å². The highest BCUT2D eigenvalue weighted by atomic mass is 32.2. The molecule has 2 rings (SSSR count). The van der Waals surface area contributed by atoms with Crippen molar-refractivity contribution < 1.29 is 13.6 Å². The maximum absolute atomic E-state index is 13.5. The molecule has 32 heavy (non-hydrogen) atoms. The van der Waals surface area contributed by atoms with Gasteiger partial charge in [-0.05, 0) is 47.9 Å². The molecule has 2 aromatic carbocycles. The van der Waals surface area contributed by atoms with Gasteiger partial charge in [-0.3, -0.25) is 0 Å². The minimum atomic E-state index is -2.37. The molecule has 0 bridgehead atoms. The van der Waals surface area contributed by atoms with E-state index in [-0.39, 0.29) is 23.7 Å². The lowest BCUT2D eigenvalue weighted by Crippen LogP contribution is -2.41. The van der Waals surface area contributed by atoms with Gasteiger partial charge < -0.3 is 0 Å². The van der Waals surface area contributed by atoms with Crippen molar-refractivity contribution in [3.8, 4) is 0 Å². The lowest BCUT2D eigenvalue weighted by atomic mass is 9.95. The minimum absolute atomic E-state index is 0.129. The number of thioether (sulfide) groups is 2. The first kappa shape index (κ1) is 27.4. The third kappa shape index (κ3) is 6.61. The Kier molecular flexibility index (Phi) is 10.3. The van der Waals surface area contributed by atoms with Crippen LogP contribution >= 0.6 is 31.8 Å². The molecule has 0 fully saturated rings. The fraction of sp³-hybridized carbons (Fsp3) is 0.538. The molecule has 176 valence electrons. The zero-order chi connectivity index (χ0) is 23.9. The van der Waals surface area contributed by atoms with E-state index in [9.17, 15) is 4.57 Å². The molecule has 3 nitrogen and oxygen atoms in total. The summed E-state index contributed by atoms with van der Waals surface area (Å²) in [6.45, 7) is 17.0. The predicted molar refractivity (Wildman–Crippen MR) is 139 cm³/mol. The third-order valence-corrected chi connectivity index (χ3v) is 10.6. The molecule has 2 aromatic rings. The number of hydrogen-bond acceptors (Lipinski definition) is 5. The molecule has 0 amide bonds. The minimum Gasteiger partial charge on any atom is -0.100 e. The van der Waals surface area contributed by atoms with Gasteiger partial charge in [0.25, 0.3) is 0 Å². The second kappa shape index (κ2) is 12.0. The van der Waals surface area contributed by atoms with Crippen LogP contribution in [0.5, 0.6) is 0 Å². The van der Waals surface area contributed by atoms with Crippen LogP contribution in [0.4, 0.5) is 0 Å². The summed E-state index contributed by atoms with van der Waals surface area (Å²) in [5.74, 6) is 0.517. The molecule has 0 atom stereocenters. The fourth-order valence-corrected chi connectivity index (χ4v) is 8.14. The molecular formula is C26H38O3PS2+. The summed E-state index contributed by atoms with van der Waals surface area (Å²) in [6.07, 6.45) is 0. The van der Waals surface area contributed by atoms with E-state index in [1.54, 1.807) is 23.5 Å². The average Bonchev–Trinajstić information content (AvgIpc) is 2.73. The van der Waals surface area contributed by atoms with Gasteiger partial charge in [-0.1, -0.05) is 115 Å². The highest BCUT2D eigenvalue weighted by Crippen LogP contribution is 2.55. The van der Waals surface area contributed by atoms with E-state index >= 15 is 0 Å². The van der Waals surface area contributed by atoms with Crippen molar-refractivity contribution in [2.24, 2.45) is 23.7 Å². The number of hydrogen-bond donors (Lipinski definition) is 0. The van der Waals surface area contributed by atoms with E-state index in [2.05, 4.69) is 79.7 Å². The van der Waals surface area contributed by atoms with Gasteiger partial charge in [-0.15, -0.1) is 9.05 Å². The van der Waals surface area contributed by atoms with Crippen LogP contribution in [0.3, 0.4) is 0 Å². The quantitative estimate of drug-likeness (QED) is 0.167. The van der Waals surface area contributed by atoms with E-state index < -0.39 is 18.1 Å². The maximum Gasteiger partial charge on any atom is 0.700 e. The average molecular weight is 494 g/mol. The van der Waals surface area contributed by atoms with E-state index in [0.29, 0.717) is 0 Å². The normalized spacial score (nSPS) is 12.9. The first-order valence-corrected chi connectivity index (χ1v) is 14.1. The van der Waals surface area contributed by atoms with Gasteiger partial charge in [-0.25, -0.2) is 0 Å². The van der Waals surface area contributed by atoms with Crippen LogP contribution in [-0.2, 0) is 13.6 Å². The fourth-order valence-electron chi connectivity index (χ4n) is 3.86. The maximum atomic E-state index is 13.5. The Balaban J connectivity index is 2.35. The van der Waals surface area contributed by atoms with Crippen molar-refractivity contribution >= 4 is 31.8 Å². The van der Waals surface area contributed by atoms with Gasteiger partial charge in [-0.2, -0.15) is 0 Å². The molecular weight excluding hydrogens is 455 g/mol. The Morgan fingerprint density at radius 1 is 0.594 bits per heavy atom. The summed E-state index contributed by atoms with van der Waals surface area (Å²) in [6, 6.07) is 20.3. The van der Waals surface area contributed by atoms with Gasteiger partial charge in [0.05, 0.1) is 0 Å². The van der Waals surface area contributed by atoms with Crippen molar-refractivity contribution in [1.29, 1.82) is 0 Å². The molecule has 0 aliphatic heterocycles. The topological polar surface area (TPSA) is 35.5 Å². The molecule has 0 aliphatic rings. The van der Waals surface area contributed by atoms with Gasteiger partial charge in [0, 0.05) is 14.4 Å². The van der Waals surface area contributed by atoms with Crippen molar-refractivity contribution in [3.05, 3.63) is 60.7 Å². The Morgan fingerprint density at radius 2 is 0.875 bits per heavy atom. The SMILES string of the molecule is CC(C)C(O[P+](=O)OC(Sc1ccccc1)(C(C)C)C(C)C)(Sc1ccccc1)C(C)C. The Morgan fingerprint density at radius 3 is 1.12 bits per heavy atom. The van der Waals surface area contributed by atoms with Gasteiger partial charge in [0.2, 0.25) is 0 Å². The summed E-state index contributed by atoms with van der Waals surface area (Å²) < 4.78 is 26.3.